The van der Waals surface area contributed by atoms with Gasteiger partial charge in [-0.1, -0.05) is 15.9 Å². The second kappa shape index (κ2) is 2.74. The molecule has 0 aromatic rings. The molecule has 0 aromatic carbocycles. The average Bonchev–Trinajstić information content (AvgIpc) is 2.16. The molecule has 1 heterocycles. The van der Waals surface area contributed by atoms with Crippen molar-refractivity contribution in [2.45, 2.75) is 22.9 Å². The largest absolute Gasteiger partial charge is 0.364 e. The lowest BCUT2D eigenvalue weighted by molar-refractivity contribution is -0.157. The Kier molecular flexibility index (Phi) is 2.37. The number of alkyl halides is 2. The van der Waals surface area contributed by atoms with E-state index in [0.717, 1.165) is 6.42 Å². The van der Waals surface area contributed by atoms with Crippen molar-refractivity contribution < 1.29 is 9.84 Å². The third-order valence-corrected chi connectivity index (χ3v) is 2.43. The lowest BCUT2D eigenvalue weighted by Gasteiger charge is -2.22. The van der Waals surface area contributed by atoms with Crippen LogP contribution in [-0.4, -0.2) is 21.8 Å². The molecule has 0 bridgehead atoms. The topological polar surface area (TPSA) is 29.5 Å². The highest BCUT2D eigenvalue weighted by Gasteiger charge is 2.38. The molecule has 4 heteroatoms. The summed E-state index contributed by atoms with van der Waals surface area (Å²) in [4.78, 5) is 0. The summed E-state index contributed by atoms with van der Waals surface area (Å²) in [5.41, 5.74) is 0. The fourth-order valence-electron chi connectivity index (χ4n) is 0.819. The Bertz CT molecular complexity index is 101. The Morgan fingerprint density at radius 2 is 2.44 bits per heavy atom. The molecule has 1 aliphatic heterocycles. The first kappa shape index (κ1) is 7.79. The predicted molar refractivity (Wildman–Crippen MR) is 38.7 cm³/mol. The first-order valence-corrected chi connectivity index (χ1v) is 4.15. The van der Waals surface area contributed by atoms with Gasteiger partial charge in [-0.3, -0.25) is 0 Å². The highest BCUT2D eigenvalue weighted by molar-refractivity contribution is 9.10. The molecule has 1 N–H and O–H groups in total. The predicted octanol–water partition coefficient (Wildman–Crippen LogP) is 1.45. The summed E-state index contributed by atoms with van der Waals surface area (Å²) in [7, 11) is 0. The van der Waals surface area contributed by atoms with Crippen LogP contribution in [-0.2, 0) is 4.74 Å². The molecule has 0 radical (unpaired) electrons. The van der Waals surface area contributed by atoms with Crippen molar-refractivity contribution in [2.75, 3.05) is 6.61 Å². The lowest BCUT2D eigenvalue weighted by Crippen LogP contribution is -2.34. The number of hydrogen-bond donors (Lipinski definition) is 1. The van der Waals surface area contributed by atoms with Crippen LogP contribution >= 0.6 is 27.5 Å². The highest BCUT2D eigenvalue weighted by Crippen LogP contribution is 2.32. The van der Waals surface area contributed by atoms with E-state index >= 15 is 0 Å². The first-order valence-electron chi connectivity index (χ1n) is 2.80. The van der Waals surface area contributed by atoms with Gasteiger partial charge in [0.1, 0.15) is 4.29 Å². The molecule has 54 valence electrons. The summed E-state index contributed by atoms with van der Waals surface area (Å²) in [6.07, 6.45) is 1.50. The molecule has 0 saturated carbocycles. The summed E-state index contributed by atoms with van der Waals surface area (Å²) in [5, 5.41) is 9.37. The van der Waals surface area contributed by atoms with Gasteiger partial charge < -0.3 is 9.84 Å². The fraction of sp³-hybridized carbons (Fsp3) is 1.00. The van der Waals surface area contributed by atoms with E-state index in [1.165, 1.54) is 0 Å². The van der Waals surface area contributed by atoms with E-state index in [4.69, 9.17) is 16.3 Å². The van der Waals surface area contributed by atoms with E-state index < -0.39 is 10.1 Å². The zero-order valence-corrected chi connectivity index (χ0v) is 7.15. The Balaban J connectivity index is 2.51. The summed E-state index contributed by atoms with van der Waals surface area (Å²) in [6, 6.07) is 0. The molecule has 0 aromatic heterocycles. The molecule has 1 aliphatic rings. The second-order valence-corrected chi connectivity index (χ2v) is 3.98. The number of aliphatic hydroxyl groups is 1. The van der Waals surface area contributed by atoms with Crippen LogP contribution in [0.4, 0.5) is 0 Å². The maximum atomic E-state index is 9.37. The van der Waals surface area contributed by atoms with Gasteiger partial charge in [0.15, 0.2) is 5.79 Å². The van der Waals surface area contributed by atoms with Crippen molar-refractivity contribution in [3.63, 3.8) is 0 Å². The Hall–Kier alpha value is 0.690. The van der Waals surface area contributed by atoms with E-state index in [2.05, 4.69) is 15.9 Å². The van der Waals surface area contributed by atoms with E-state index in [-0.39, 0.29) is 0 Å². The molecule has 0 amide bonds. The Labute approximate surface area is 67.3 Å². The van der Waals surface area contributed by atoms with Gasteiger partial charge in [0, 0.05) is 6.42 Å². The smallest absolute Gasteiger partial charge is 0.192 e. The normalized spacial score (nSPS) is 39.0. The van der Waals surface area contributed by atoms with Crippen LogP contribution in [0.3, 0.4) is 0 Å². The van der Waals surface area contributed by atoms with Crippen LogP contribution < -0.4 is 0 Å². The molecular formula is C5H8BrClO2. The summed E-state index contributed by atoms with van der Waals surface area (Å²) < 4.78 is 4.49. The van der Waals surface area contributed by atoms with Crippen LogP contribution in [0.25, 0.3) is 0 Å². The monoisotopic (exact) mass is 214 g/mol. The van der Waals surface area contributed by atoms with Crippen LogP contribution in [0.1, 0.15) is 12.8 Å². The first-order chi connectivity index (χ1) is 4.15. The van der Waals surface area contributed by atoms with Crippen LogP contribution in [0, 0.1) is 0 Å². The van der Waals surface area contributed by atoms with Crippen molar-refractivity contribution in [2.24, 2.45) is 0 Å². The summed E-state index contributed by atoms with van der Waals surface area (Å²) in [5.74, 6) is -1.12. The third-order valence-electron chi connectivity index (χ3n) is 1.37. The van der Waals surface area contributed by atoms with Crippen molar-refractivity contribution in [1.82, 2.24) is 0 Å². The van der Waals surface area contributed by atoms with Crippen molar-refractivity contribution in [1.29, 1.82) is 0 Å². The quantitative estimate of drug-likeness (QED) is 0.671. The van der Waals surface area contributed by atoms with Crippen molar-refractivity contribution in [3.05, 3.63) is 0 Å². The number of hydrogen-bond acceptors (Lipinski definition) is 2. The van der Waals surface area contributed by atoms with Crippen LogP contribution in [0.5, 0.6) is 0 Å². The third kappa shape index (κ3) is 1.58. The van der Waals surface area contributed by atoms with Gasteiger partial charge in [-0.25, -0.2) is 0 Å². The maximum absolute atomic E-state index is 9.37. The van der Waals surface area contributed by atoms with E-state index in [1.54, 1.807) is 0 Å². The van der Waals surface area contributed by atoms with E-state index in [9.17, 15) is 5.11 Å². The molecule has 9 heavy (non-hydrogen) atoms. The molecule has 2 atom stereocenters. The van der Waals surface area contributed by atoms with Gasteiger partial charge in [0.2, 0.25) is 0 Å². The van der Waals surface area contributed by atoms with Crippen LogP contribution in [0.2, 0.25) is 0 Å². The molecule has 1 fully saturated rings. The molecule has 2 unspecified atom stereocenters. The fourth-order valence-corrected chi connectivity index (χ4v) is 1.35. The molecule has 0 aliphatic carbocycles. The average molecular weight is 215 g/mol. The molecule has 1 rings (SSSR count). The van der Waals surface area contributed by atoms with E-state index in [0.29, 0.717) is 13.0 Å². The zero-order valence-electron chi connectivity index (χ0n) is 4.81. The molecular weight excluding hydrogens is 207 g/mol. The zero-order chi connectivity index (χ0) is 6.91. The number of halogens is 2. The summed E-state index contributed by atoms with van der Waals surface area (Å²) in [6.45, 7) is 0.602. The van der Waals surface area contributed by atoms with Gasteiger partial charge in [0.25, 0.3) is 0 Å². The SMILES string of the molecule is OC1(C(Cl)Br)CCCO1. The number of ether oxygens (including phenoxy) is 1. The lowest BCUT2D eigenvalue weighted by atomic mass is 10.2. The van der Waals surface area contributed by atoms with Crippen molar-refractivity contribution in [3.8, 4) is 0 Å². The van der Waals surface area contributed by atoms with Crippen molar-refractivity contribution >= 4 is 27.5 Å². The molecule has 1 saturated heterocycles. The Morgan fingerprint density at radius 1 is 1.78 bits per heavy atom. The van der Waals surface area contributed by atoms with Crippen LogP contribution in [0.15, 0.2) is 0 Å². The van der Waals surface area contributed by atoms with Gasteiger partial charge in [-0.2, -0.15) is 0 Å². The minimum absolute atomic E-state index is 0.493. The van der Waals surface area contributed by atoms with Gasteiger partial charge in [0.05, 0.1) is 6.61 Å². The summed E-state index contributed by atoms with van der Waals surface area (Å²) >= 11 is 8.61. The molecule has 0 spiro atoms. The maximum Gasteiger partial charge on any atom is 0.192 e. The minimum atomic E-state index is -1.12. The van der Waals surface area contributed by atoms with Gasteiger partial charge in [-0.15, -0.1) is 11.6 Å². The van der Waals surface area contributed by atoms with Gasteiger partial charge >= 0.3 is 0 Å². The number of rotatable bonds is 1. The standard InChI is InChI=1S/C5H8BrClO2/c6-4(7)5(8)2-1-3-9-5/h4,8H,1-3H2. The van der Waals surface area contributed by atoms with E-state index in [1.807, 2.05) is 0 Å². The Morgan fingerprint density at radius 3 is 2.67 bits per heavy atom. The highest BCUT2D eigenvalue weighted by atomic mass is 79.9. The minimum Gasteiger partial charge on any atom is -0.364 e. The second-order valence-electron chi connectivity index (χ2n) is 2.10. The van der Waals surface area contributed by atoms with Gasteiger partial charge in [-0.05, 0) is 6.42 Å². The molecule has 2 nitrogen and oxygen atoms in total.